The highest BCUT2D eigenvalue weighted by atomic mass is 35.5. The lowest BCUT2D eigenvalue weighted by molar-refractivity contribution is -0.914. The van der Waals surface area contributed by atoms with Crippen molar-refractivity contribution in [2.75, 3.05) is 31.1 Å². The Hall–Kier alpha value is -2.70. The highest BCUT2D eigenvalue weighted by Crippen LogP contribution is 2.21. The topological polar surface area (TPSA) is 42.6 Å². The highest BCUT2D eigenvalue weighted by molar-refractivity contribution is 6.33. The Morgan fingerprint density at radius 2 is 1.82 bits per heavy atom. The molecule has 0 aliphatic carbocycles. The van der Waals surface area contributed by atoms with Crippen molar-refractivity contribution in [3.63, 3.8) is 0 Å². The second kappa shape index (κ2) is 8.12. The maximum atomic E-state index is 13.4. The van der Waals surface area contributed by atoms with Crippen molar-refractivity contribution in [1.29, 1.82) is 0 Å². The van der Waals surface area contributed by atoms with Gasteiger partial charge in [0.25, 0.3) is 5.56 Å². The predicted octanol–water partition coefficient (Wildman–Crippen LogP) is 1.93. The lowest BCUT2D eigenvalue weighted by Gasteiger charge is -2.33. The van der Waals surface area contributed by atoms with Crippen LogP contribution in [0.3, 0.4) is 0 Å². The van der Waals surface area contributed by atoms with Crippen LogP contribution < -0.4 is 15.4 Å². The van der Waals surface area contributed by atoms with Crippen molar-refractivity contribution < 1.29 is 9.29 Å². The summed E-state index contributed by atoms with van der Waals surface area (Å²) in [5, 5.41) is 4.50. The van der Waals surface area contributed by atoms with Gasteiger partial charge in [0.1, 0.15) is 17.4 Å². The highest BCUT2D eigenvalue weighted by Gasteiger charge is 2.24. The summed E-state index contributed by atoms with van der Waals surface area (Å²) >= 11 is 6.40. The lowest BCUT2D eigenvalue weighted by Crippen LogP contribution is -3.13. The van der Waals surface area contributed by atoms with Crippen LogP contribution in [0.25, 0.3) is 5.69 Å². The molecule has 7 heteroatoms. The van der Waals surface area contributed by atoms with Crippen molar-refractivity contribution >= 4 is 17.3 Å². The summed E-state index contributed by atoms with van der Waals surface area (Å²) in [4.78, 5) is 16.1. The molecule has 0 atom stereocenters. The molecule has 1 aliphatic rings. The number of para-hydroxylation sites is 1. The molecule has 2 aromatic carbocycles. The molecule has 1 fully saturated rings. The summed E-state index contributed by atoms with van der Waals surface area (Å²) in [6, 6.07) is 16.0. The third kappa shape index (κ3) is 3.93. The average Bonchev–Trinajstić information content (AvgIpc) is 2.71. The van der Waals surface area contributed by atoms with Gasteiger partial charge in [-0.1, -0.05) is 41.9 Å². The van der Waals surface area contributed by atoms with Crippen LogP contribution in [0.4, 0.5) is 10.1 Å². The van der Waals surface area contributed by atoms with Gasteiger partial charge in [-0.3, -0.25) is 4.79 Å². The van der Waals surface area contributed by atoms with E-state index in [0.29, 0.717) is 11.4 Å². The van der Waals surface area contributed by atoms with E-state index >= 15 is 0 Å². The van der Waals surface area contributed by atoms with Gasteiger partial charge in [0, 0.05) is 5.56 Å². The zero-order valence-electron chi connectivity index (χ0n) is 15.3. The van der Waals surface area contributed by atoms with Crippen LogP contribution in [0.5, 0.6) is 0 Å². The Morgan fingerprint density at radius 3 is 2.54 bits per heavy atom. The summed E-state index contributed by atoms with van der Waals surface area (Å²) in [6.45, 7) is 4.08. The van der Waals surface area contributed by atoms with Crippen molar-refractivity contribution in [3.8, 4) is 5.69 Å². The SMILES string of the molecule is O=c1c(Cl)c(N2CC[NH+](Cc3cccc(F)c3)CC2)cnn1-c1ccccc1. The van der Waals surface area contributed by atoms with E-state index in [1.54, 1.807) is 18.3 Å². The Morgan fingerprint density at radius 1 is 1.07 bits per heavy atom. The number of piperazine rings is 1. The van der Waals surface area contributed by atoms with Gasteiger partial charge in [-0.2, -0.15) is 9.78 Å². The molecule has 3 aromatic rings. The van der Waals surface area contributed by atoms with Crippen molar-refractivity contribution in [2.24, 2.45) is 0 Å². The normalized spacial score (nSPS) is 15.0. The Labute approximate surface area is 167 Å². The van der Waals surface area contributed by atoms with Gasteiger partial charge >= 0.3 is 0 Å². The van der Waals surface area contributed by atoms with E-state index in [4.69, 9.17) is 11.6 Å². The standard InChI is InChI=1S/C21H20ClFN4O/c22-20-19(14-24-27(21(20)28)18-7-2-1-3-8-18)26-11-9-25(10-12-26)15-16-5-4-6-17(23)13-16/h1-8,13-14H,9-12,15H2/p+1. The van der Waals surface area contributed by atoms with Crippen LogP contribution in [0.1, 0.15) is 5.56 Å². The fourth-order valence-electron chi connectivity index (χ4n) is 3.57. The van der Waals surface area contributed by atoms with E-state index in [1.165, 1.54) is 15.6 Å². The number of hydrogen-bond acceptors (Lipinski definition) is 3. The van der Waals surface area contributed by atoms with Crippen LogP contribution in [0.2, 0.25) is 5.02 Å². The summed E-state index contributed by atoms with van der Waals surface area (Å²) in [7, 11) is 0. The monoisotopic (exact) mass is 399 g/mol. The molecule has 0 spiro atoms. The second-order valence-electron chi connectivity index (χ2n) is 6.94. The number of nitrogens with one attached hydrogen (secondary N) is 1. The molecule has 2 heterocycles. The molecular formula is C21H21ClFN4O+. The first-order valence-corrected chi connectivity index (χ1v) is 9.66. The summed E-state index contributed by atoms with van der Waals surface area (Å²) in [5.41, 5.74) is 2.03. The Kier molecular flexibility index (Phi) is 5.41. The predicted molar refractivity (Wildman–Crippen MR) is 108 cm³/mol. The van der Waals surface area contributed by atoms with Gasteiger partial charge in [0.05, 0.1) is 43.8 Å². The number of anilines is 1. The number of halogens is 2. The molecule has 28 heavy (non-hydrogen) atoms. The molecule has 0 amide bonds. The number of benzene rings is 2. The largest absolute Gasteiger partial charge is 0.358 e. The van der Waals surface area contributed by atoms with Crippen LogP contribution in [-0.2, 0) is 6.54 Å². The number of nitrogens with zero attached hydrogens (tertiary/aromatic N) is 3. The van der Waals surface area contributed by atoms with Gasteiger partial charge in [0.2, 0.25) is 0 Å². The molecule has 0 bridgehead atoms. The number of rotatable bonds is 4. The Balaban J connectivity index is 1.46. The minimum Gasteiger partial charge on any atom is -0.358 e. The molecule has 0 radical (unpaired) electrons. The third-order valence-electron chi connectivity index (χ3n) is 5.06. The van der Waals surface area contributed by atoms with Crippen LogP contribution in [-0.4, -0.2) is 36.0 Å². The van der Waals surface area contributed by atoms with Crippen molar-refractivity contribution in [2.45, 2.75) is 6.54 Å². The molecule has 0 unspecified atom stereocenters. The molecule has 1 N–H and O–H groups in total. The minimum absolute atomic E-state index is 0.187. The van der Waals surface area contributed by atoms with Crippen LogP contribution in [0, 0.1) is 5.82 Å². The molecule has 1 aliphatic heterocycles. The summed E-state index contributed by atoms with van der Waals surface area (Å²) in [6.07, 6.45) is 1.66. The smallest absolute Gasteiger partial charge is 0.292 e. The number of aromatic nitrogens is 2. The fraction of sp³-hybridized carbons (Fsp3) is 0.238. The molecule has 4 rings (SSSR count). The molecular weight excluding hydrogens is 379 g/mol. The van der Waals surface area contributed by atoms with E-state index < -0.39 is 0 Å². The zero-order chi connectivity index (χ0) is 19.5. The quantitative estimate of drug-likeness (QED) is 0.729. The van der Waals surface area contributed by atoms with Crippen LogP contribution in [0.15, 0.2) is 65.6 Å². The average molecular weight is 400 g/mol. The number of hydrogen-bond donors (Lipinski definition) is 1. The van der Waals surface area contributed by atoms with Gasteiger partial charge < -0.3 is 9.80 Å². The van der Waals surface area contributed by atoms with Crippen molar-refractivity contribution in [1.82, 2.24) is 9.78 Å². The van der Waals surface area contributed by atoms with E-state index in [2.05, 4.69) is 10.00 Å². The molecule has 5 nitrogen and oxygen atoms in total. The van der Waals surface area contributed by atoms with E-state index in [1.807, 2.05) is 36.4 Å². The maximum Gasteiger partial charge on any atom is 0.292 e. The van der Waals surface area contributed by atoms with Gasteiger partial charge in [-0.25, -0.2) is 4.39 Å². The van der Waals surface area contributed by atoms with E-state index in [0.717, 1.165) is 38.3 Å². The van der Waals surface area contributed by atoms with E-state index in [-0.39, 0.29) is 16.4 Å². The van der Waals surface area contributed by atoms with Gasteiger partial charge in [-0.15, -0.1) is 0 Å². The second-order valence-corrected chi connectivity index (χ2v) is 7.32. The molecule has 1 saturated heterocycles. The third-order valence-corrected chi connectivity index (χ3v) is 5.41. The van der Waals surface area contributed by atoms with E-state index in [9.17, 15) is 9.18 Å². The first-order chi connectivity index (χ1) is 13.6. The maximum absolute atomic E-state index is 13.4. The van der Waals surface area contributed by atoms with Gasteiger partial charge in [-0.05, 0) is 24.3 Å². The number of quaternary nitrogens is 1. The first kappa shape index (κ1) is 18.7. The lowest BCUT2D eigenvalue weighted by atomic mass is 10.2. The molecule has 1 aromatic heterocycles. The summed E-state index contributed by atoms with van der Waals surface area (Å²) in [5.74, 6) is -0.202. The zero-order valence-corrected chi connectivity index (χ0v) is 16.1. The first-order valence-electron chi connectivity index (χ1n) is 9.28. The van der Waals surface area contributed by atoms with Crippen molar-refractivity contribution in [3.05, 3.63) is 87.6 Å². The van der Waals surface area contributed by atoms with Crippen LogP contribution >= 0.6 is 11.6 Å². The minimum atomic E-state index is -0.320. The van der Waals surface area contributed by atoms with Gasteiger partial charge in [0.15, 0.2) is 0 Å². The molecule has 0 saturated carbocycles. The molecule has 144 valence electrons. The Bertz CT molecular complexity index is 1020. The summed E-state index contributed by atoms with van der Waals surface area (Å²) < 4.78 is 14.7. The fourth-order valence-corrected chi connectivity index (χ4v) is 3.82.